The highest BCUT2D eigenvalue weighted by atomic mass is 127. The Morgan fingerprint density at radius 1 is 0.917 bits per heavy atom. The molecular formula is C20H17FINO. The van der Waals surface area contributed by atoms with E-state index in [0.717, 1.165) is 20.5 Å². The molecule has 0 bridgehead atoms. The second-order valence-corrected chi connectivity index (χ2v) is 6.74. The van der Waals surface area contributed by atoms with Crippen LogP contribution in [0.3, 0.4) is 0 Å². The summed E-state index contributed by atoms with van der Waals surface area (Å²) >= 11 is 2.27. The number of hydrogen-bond acceptors (Lipinski definition) is 2. The minimum Gasteiger partial charge on any atom is -0.360 e. The maximum Gasteiger partial charge on any atom is 0.224 e. The fourth-order valence-electron chi connectivity index (χ4n) is 2.75. The first kappa shape index (κ1) is 16.9. The molecule has 24 heavy (non-hydrogen) atoms. The molecule has 0 radical (unpaired) electrons. The van der Waals surface area contributed by atoms with Crippen LogP contribution in [0.2, 0.25) is 0 Å². The smallest absolute Gasteiger partial charge is 0.224 e. The van der Waals surface area contributed by atoms with E-state index in [0.29, 0.717) is 5.69 Å². The summed E-state index contributed by atoms with van der Waals surface area (Å²) in [5.74, 6) is 0. The Morgan fingerprint density at radius 3 is 2.25 bits per heavy atom. The van der Waals surface area contributed by atoms with Gasteiger partial charge in [0.15, 0.2) is 0 Å². The van der Waals surface area contributed by atoms with Gasteiger partial charge in [-0.15, -0.1) is 0 Å². The number of aryl methyl sites for hydroxylation is 1. The van der Waals surface area contributed by atoms with Gasteiger partial charge in [-0.25, -0.2) is 4.39 Å². The monoisotopic (exact) mass is 433 g/mol. The van der Waals surface area contributed by atoms with Crippen molar-refractivity contribution >= 4 is 39.7 Å². The van der Waals surface area contributed by atoms with E-state index in [1.54, 1.807) is 12.1 Å². The highest BCUT2D eigenvalue weighted by molar-refractivity contribution is 14.1. The molecule has 1 atom stereocenters. The van der Waals surface area contributed by atoms with E-state index in [4.69, 9.17) is 0 Å². The summed E-state index contributed by atoms with van der Waals surface area (Å²) in [5, 5.41) is 9.57. The molecule has 0 aliphatic carbocycles. The van der Waals surface area contributed by atoms with Crippen molar-refractivity contribution in [3.05, 3.63) is 87.5 Å². The maximum atomic E-state index is 13.8. The van der Waals surface area contributed by atoms with Crippen molar-refractivity contribution < 1.29 is 9.50 Å². The number of anilines is 3. The van der Waals surface area contributed by atoms with Crippen molar-refractivity contribution in [1.82, 2.24) is 0 Å². The molecule has 0 saturated heterocycles. The van der Waals surface area contributed by atoms with Crippen molar-refractivity contribution in [3.8, 4) is 0 Å². The lowest BCUT2D eigenvalue weighted by Crippen LogP contribution is -2.14. The van der Waals surface area contributed by atoms with Crippen molar-refractivity contribution in [3.63, 3.8) is 0 Å². The molecule has 3 rings (SSSR count). The van der Waals surface area contributed by atoms with Crippen LogP contribution in [0, 0.1) is 10.5 Å². The second-order valence-electron chi connectivity index (χ2n) is 5.50. The second kappa shape index (κ2) is 7.32. The van der Waals surface area contributed by atoms with Crippen molar-refractivity contribution in [2.45, 2.75) is 13.3 Å². The zero-order valence-corrected chi connectivity index (χ0v) is 15.3. The molecule has 0 aliphatic rings. The first-order chi connectivity index (χ1) is 11.6. The third-order valence-corrected chi connectivity index (χ3v) is 4.52. The molecule has 0 heterocycles. The fourth-order valence-corrected chi connectivity index (χ4v) is 3.39. The van der Waals surface area contributed by atoms with Gasteiger partial charge in [0.25, 0.3) is 0 Å². The molecule has 1 unspecified atom stereocenters. The van der Waals surface area contributed by atoms with Crippen LogP contribution in [0.15, 0.2) is 72.8 Å². The topological polar surface area (TPSA) is 23.5 Å². The van der Waals surface area contributed by atoms with Gasteiger partial charge in [-0.1, -0.05) is 36.4 Å². The normalized spacial score (nSPS) is 12.0. The average molecular weight is 433 g/mol. The van der Waals surface area contributed by atoms with Crippen LogP contribution in [0.4, 0.5) is 21.5 Å². The number of aliphatic hydroxyl groups is 1. The standard InChI is InChI=1S/C20H17FINO/c1-14-13-15(22)11-12-18(14)23(16-7-3-2-4-8-16)19-10-6-5-9-17(19)20(21)24/h2-13,20,24H,1H3. The molecule has 4 heteroatoms. The summed E-state index contributed by atoms with van der Waals surface area (Å²) in [6, 6.07) is 22.9. The number of para-hydroxylation sites is 2. The first-order valence-electron chi connectivity index (χ1n) is 7.60. The molecule has 0 aliphatic heterocycles. The van der Waals surface area contributed by atoms with E-state index in [-0.39, 0.29) is 5.56 Å². The van der Waals surface area contributed by atoms with E-state index in [1.165, 1.54) is 0 Å². The van der Waals surface area contributed by atoms with Gasteiger partial charge in [-0.3, -0.25) is 0 Å². The van der Waals surface area contributed by atoms with Gasteiger partial charge in [0.1, 0.15) is 0 Å². The molecule has 1 N–H and O–H groups in total. The van der Waals surface area contributed by atoms with Gasteiger partial charge in [-0.05, 0) is 71.5 Å². The predicted octanol–water partition coefficient (Wildman–Crippen LogP) is 6.03. The van der Waals surface area contributed by atoms with Crippen LogP contribution in [0.1, 0.15) is 17.5 Å². The lowest BCUT2D eigenvalue weighted by molar-refractivity contribution is 0.0416. The molecule has 3 aromatic rings. The first-order valence-corrected chi connectivity index (χ1v) is 8.68. The number of halogens is 2. The van der Waals surface area contributed by atoms with Crippen LogP contribution in [-0.2, 0) is 0 Å². The molecule has 122 valence electrons. The van der Waals surface area contributed by atoms with Gasteiger partial charge < -0.3 is 10.0 Å². The zero-order chi connectivity index (χ0) is 17.1. The molecule has 0 amide bonds. The van der Waals surface area contributed by atoms with E-state index in [9.17, 15) is 9.50 Å². The Hall–Kier alpha value is -1.92. The Kier molecular flexibility index (Phi) is 5.16. The molecule has 3 aromatic carbocycles. The Balaban J connectivity index is 2.24. The number of rotatable bonds is 4. The fraction of sp³-hybridized carbons (Fsp3) is 0.100. The van der Waals surface area contributed by atoms with Crippen molar-refractivity contribution in [1.29, 1.82) is 0 Å². The predicted molar refractivity (Wildman–Crippen MR) is 105 cm³/mol. The van der Waals surface area contributed by atoms with Crippen LogP contribution < -0.4 is 4.90 Å². The molecule has 0 spiro atoms. The van der Waals surface area contributed by atoms with Crippen LogP contribution in [-0.4, -0.2) is 5.11 Å². The highest BCUT2D eigenvalue weighted by Crippen LogP contribution is 2.40. The average Bonchev–Trinajstić information content (AvgIpc) is 2.58. The van der Waals surface area contributed by atoms with Crippen LogP contribution in [0.25, 0.3) is 0 Å². The Labute approximate surface area is 154 Å². The number of alkyl halides is 1. The highest BCUT2D eigenvalue weighted by Gasteiger charge is 2.20. The van der Waals surface area contributed by atoms with Crippen molar-refractivity contribution in [2.24, 2.45) is 0 Å². The van der Waals surface area contributed by atoms with Gasteiger partial charge in [0.05, 0.1) is 5.69 Å². The summed E-state index contributed by atoms with van der Waals surface area (Å²) in [5.41, 5.74) is 3.82. The van der Waals surface area contributed by atoms with Gasteiger partial charge in [0.2, 0.25) is 6.36 Å². The van der Waals surface area contributed by atoms with Gasteiger partial charge in [-0.2, -0.15) is 0 Å². The summed E-state index contributed by atoms with van der Waals surface area (Å²) in [4.78, 5) is 1.98. The quantitative estimate of drug-likeness (QED) is 0.508. The summed E-state index contributed by atoms with van der Waals surface area (Å²) in [7, 11) is 0. The third-order valence-electron chi connectivity index (χ3n) is 3.85. The van der Waals surface area contributed by atoms with Crippen molar-refractivity contribution in [2.75, 3.05) is 4.90 Å². The summed E-state index contributed by atoms with van der Waals surface area (Å²) in [6.07, 6.45) is -2.03. The zero-order valence-electron chi connectivity index (χ0n) is 13.2. The molecule has 0 aromatic heterocycles. The molecule has 0 saturated carbocycles. The summed E-state index contributed by atoms with van der Waals surface area (Å²) in [6.45, 7) is 2.03. The number of benzene rings is 3. The van der Waals surface area contributed by atoms with Crippen LogP contribution in [0.5, 0.6) is 0 Å². The molecule has 2 nitrogen and oxygen atoms in total. The van der Waals surface area contributed by atoms with E-state index in [1.807, 2.05) is 66.4 Å². The number of nitrogens with zero attached hydrogens (tertiary/aromatic N) is 1. The van der Waals surface area contributed by atoms with Gasteiger partial charge in [0, 0.05) is 20.5 Å². The van der Waals surface area contributed by atoms with Gasteiger partial charge >= 0.3 is 0 Å². The Bertz CT molecular complexity index is 836. The van der Waals surface area contributed by atoms with E-state index >= 15 is 0 Å². The summed E-state index contributed by atoms with van der Waals surface area (Å²) < 4.78 is 14.9. The largest absolute Gasteiger partial charge is 0.360 e. The number of aliphatic hydroxyl groups excluding tert-OH is 1. The third kappa shape index (κ3) is 3.44. The minimum atomic E-state index is -2.03. The molecular weight excluding hydrogens is 416 g/mol. The minimum absolute atomic E-state index is 0.249. The maximum absolute atomic E-state index is 13.8. The number of hydrogen-bond donors (Lipinski definition) is 1. The van der Waals surface area contributed by atoms with Crippen LogP contribution >= 0.6 is 22.6 Å². The van der Waals surface area contributed by atoms with E-state index < -0.39 is 6.36 Å². The Morgan fingerprint density at radius 2 is 1.58 bits per heavy atom. The SMILES string of the molecule is Cc1cc(I)ccc1N(c1ccccc1)c1ccccc1C(O)F. The lowest BCUT2D eigenvalue weighted by atomic mass is 10.1. The lowest BCUT2D eigenvalue weighted by Gasteiger charge is -2.29. The van der Waals surface area contributed by atoms with E-state index in [2.05, 4.69) is 28.7 Å². The molecule has 0 fully saturated rings.